The van der Waals surface area contributed by atoms with Crippen LogP contribution in [0.5, 0.6) is 0 Å². The molecule has 0 aliphatic heterocycles. The van der Waals surface area contributed by atoms with Gasteiger partial charge in [-0.2, -0.15) is 0 Å². The topological polar surface area (TPSA) is 64.1 Å². The minimum absolute atomic E-state index is 0.455. The first-order chi connectivity index (χ1) is 6.81. The van der Waals surface area contributed by atoms with Crippen molar-refractivity contribution in [1.29, 1.82) is 0 Å². The molecule has 0 amide bonds. The average molecular weight is 258 g/mol. The number of hydrogen-bond donors (Lipinski definition) is 1. The Bertz CT molecular complexity index is 424. The predicted octanol–water partition coefficient (Wildman–Crippen LogP) is 1.81. The van der Waals surface area contributed by atoms with Gasteiger partial charge in [0.1, 0.15) is 0 Å². The number of nitrogens with one attached hydrogen (secondary N) is 1. The molecule has 2 aromatic rings. The first-order valence-corrected chi connectivity index (χ1v) is 4.81. The molecule has 2 heterocycles. The summed E-state index contributed by atoms with van der Waals surface area (Å²) in [5.41, 5.74) is 0.764. The van der Waals surface area contributed by atoms with Crippen LogP contribution in [0.2, 0.25) is 0 Å². The monoisotopic (exact) mass is 257 g/mol. The van der Waals surface area contributed by atoms with E-state index in [-0.39, 0.29) is 0 Å². The highest BCUT2D eigenvalue weighted by Gasteiger charge is 2.12. The summed E-state index contributed by atoms with van der Waals surface area (Å²) < 4.78 is 11.0. The van der Waals surface area contributed by atoms with Crippen molar-refractivity contribution in [1.82, 2.24) is 15.5 Å². The van der Waals surface area contributed by atoms with Crippen molar-refractivity contribution in [2.24, 2.45) is 0 Å². The van der Waals surface area contributed by atoms with Crippen LogP contribution in [0.4, 0.5) is 0 Å². The quantitative estimate of drug-likeness (QED) is 0.909. The summed E-state index contributed by atoms with van der Waals surface area (Å²) in [6, 6.07) is 1.76. The predicted molar refractivity (Wildman–Crippen MR) is 52.5 cm³/mol. The van der Waals surface area contributed by atoms with E-state index in [1.165, 1.54) is 0 Å². The van der Waals surface area contributed by atoms with Gasteiger partial charge in [0.05, 0.1) is 18.4 Å². The van der Waals surface area contributed by atoms with Gasteiger partial charge in [-0.1, -0.05) is 0 Å². The minimum Gasteiger partial charge on any atom is -0.457 e. The smallest absolute Gasteiger partial charge is 0.252 e. The summed E-state index contributed by atoms with van der Waals surface area (Å²) in [7, 11) is 1.82. The average Bonchev–Trinajstić information content (AvgIpc) is 2.74. The van der Waals surface area contributed by atoms with Crippen LogP contribution in [-0.4, -0.2) is 17.2 Å². The van der Waals surface area contributed by atoms with Crippen LogP contribution in [0.1, 0.15) is 5.89 Å². The van der Waals surface area contributed by atoms with Gasteiger partial charge in [-0.25, -0.2) is 0 Å². The molecule has 0 atom stereocenters. The van der Waals surface area contributed by atoms with Crippen LogP contribution in [0.15, 0.2) is 25.8 Å². The molecule has 0 fully saturated rings. The largest absolute Gasteiger partial charge is 0.457 e. The Labute approximate surface area is 88.6 Å². The number of halogens is 1. The Kier molecular flexibility index (Phi) is 2.64. The normalized spacial score (nSPS) is 10.7. The lowest BCUT2D eigenvalue weighted by Crippen LogP contribution is -2.04. The zero-order valence-electron chi connectivity index (χ0n) is 7.45. The summed E-state index contributed by atoms with van der Waals surface area (Å²) in [5.74, 6) is 1.01. The van der Waals surface area contributed by atoms with E-state index in [9.17, 15) is 0 Å². The molecule has 0 bridgehead atoms. The lowest BCUT2D eigenvalue weighted by Gasteiger charge is -1.90. The van der Waals surface area contributed by atoms with Crippen molar-refractivity contribution >= 4 is 15.9 Å². The highest BCUT2D eigenvalue weighted by Crippen LogP contribution is 2.27. The minimum atomic E-state index is 0.455. The summed E-state index contributed by atoms with van der Waals surface area (Å²) in [6.07, 6.45) is 1.56. The lowest BCUT2D eigenvalue weighted by atomic mass is 10.3. The van der Waals surface area contributed by atoms with E-state index >= 15 is 0 Å². The first kappa shape index (κ1) is 9.42. The Morgan fingerprint density at radius 2 is 2.36 bits per heavy atom. The number of nitrogens with zero attached hydrogens (tertiary/aromatic N) is 2. The molecule has 5 nitrogen and oxygen atoms in total. The van der Waals surface area contributed by atoms with Crippen LogP contribution in [0, 0.1) is 0 Å². The van der Waals surface area contributed by atoms with Gasteiger partial charge in [-0.05, 0) is 29.0 Å². The number of rotatable bonds is 3. The van der Waals surface area contributed by atoms with Gasteiger partial charge in [0.15, 0.2) is 4.67 Å². The standard InChI is InChI=1S/C8H8BrN3O2/c1-10-4-6-11-12-8(14-6)5-2-3-13-7(5)9/h2-3,10H,4H2,1H3. The molecule has 6 heteroatoms. The Morgan fingerprint density at radius 1 is 1.50 bits per heavy atom. The van der Waals surface area contributed by atoms with E-state index in [4.69, 9.17) is 8.83 Å². The summed E-state index contributed by atoms with van der Waals surface area (Å²) in [4.78, 5) is 0. The van der Waals surface area contributed by atoms with E-state index in [0.29, 0.717) is 23.0 Å². The van der Waals surface area contributed by atoms with E-state index < -0.39 is 0 Å². The number of furan rings is 1. The molecular formula is C8H8BrN3O2. The second-order valence-electron chi connectivity index (χ2n) is 2.64. The molecule has 0 radical (unpaired) electrons. The third-order valence-corrected chi connectivity index (χ3v) is 2.26. The summed E-state index contributed by atoms with van der Waals surface area (Å²) >= 11 is 3.24. The third kappa shape index (κ3) is 1.71. The van der Waals surface area contributed by atoms with E-state index in [1.807, 2.05) is 7.05 Å². The van der Waals surface area contributed by atoms with E-state index in [0.717, 1.165) is 5.56 Å². The van der Waals surface area contributed by atoms with Crippen LogP contribution in [0.25, 0.3) is 11.5 Å². The first-order valence-electron chi connectivity index (χ1n) is 4.01. The Morgan fingerprint density at radius 3 is 3.00 bits per heavy atom. The van der Waals surface area contributed by atoms with Gasteiger partial charge in [0.25, 0.3) is 5.89 Å². The second kappa shape index (κ2) is 3.93. The second-order valence-corrected chi connectivity index (χ2v) is 3.36. The Hall–Kier alpha value is -1.14. The molecule has 74 valence electrons. The molecule has 0 aliphatic carbocycles. The fourth-order valence-corrected chi connectivity index (χ4v) is 1.44. The lowest BCUT2D eigenvalue weighted by molar-refractivity contribution is 0.487. The highest BCUT2D eigenvalue weighted by molar-refractivity contribution is 9.10. The summed E-state index contributed by atoms with van der Waals surface area (Å²) in [6.45, 7) is 0.558. The van der Waals surface area contributed by atoms with Crippen LogP contribution in [-0.2, 0) is 6.54 Å². The zero-order valence-corrected chi connectivity index (χ0v) is 9.04. The molecule has 0 spiro atoms. The molecule has 2 aromatic heterocycles. The fraction of sp³-hybridized carbons (Fsp3) is 0.250. The van der Waals surface area contributed by atoms with Gasteiger partial charge in [-0.15, -0.1) is 10.2 Å². The number of aromatic nitrogens is 2. The molecular weight excluding hydrogens is 250 g/mol. The van der Waals surface area contributed by atoms with Gasteiger partial charge < -0.3 is 14.2 Å². The van der Waals surface area contributed by atoms with E-state index in [2.05, 4.69) is 31.4 Å². The molecule has 0 saturated heterocycles. The maximum atomic E-state index is 5.37. The molecule has 1 N–H and O–H groups in total. The number of hydrogen-bond acceptors (Lipinski definition) is 5. The van der Waals surface area contributed by atoms with Crippen molar-refractivity contribution in [2.45, 2.75) is 6.54 Å². The Balaban J connectivity index is 2.29. The van der Waals surface area contributed by atoms with Crippen molar-refractivity contribution in [3.05, 3.63) is 22.9 Å². The van der Waals surface area contributed by atoms with Gasteiger partial charge >= 0.3 is 0 Å². The third-order valence-electron chi connectivity index (χ3n) is 1.64. The SMILES string of the molecule is CNCc1nnc(-c2ccoc2Br)o1. The molecule has 0 saturated carbocycles. The maximum absolute atomic E-state index is 5.37. The van der Waals surface area contributed by atoms with Crippen LogP contribution < -0.4 is 5.32 Å². The molecule has 0 unspecified atom stereocenters. The van der Waals surface area contributed by atoms with Crippen LogP contribution >= 0.6 is 15.9 Å². The van der Waals surface area contributed by atoms with Gasteiger partial charge in [0, 0.05) is 0 Å². The van der Waals surface area contributed by atoms with Crippen molar-refractivity contribution in [3.8, 4) is 11.5 Å². The highest BCUT2D eigenvalue weighted by atomic mass is 79.9. The van der Waals surface area contributed by atoms with Crippen LogP contribution in [0.3, 0.4) is 0 Å². The fourth-order valence-electron chi connectivity index (χ4n) is 1.03. The van der Waals surface area contributed by atoms with Crippen molar-refractivity contribution < 1.29 is 8.83 Å². The molecule has 2 rings (SSSR count). The maximum Gasteiger partial charge on any atom is 0.252 e. The van der Waals surface area contributed by atoms with Gasteiger partial charge in [-0.3, -0.25) is 0 Å². The van der Waals surface area contributed by atoms with Gasteiger partial charge in [0.2, 0.25) is 5.89 Å². The van der Waals surface area contributed by atoms with Crippen molar-refractivity contribution in [2.75, 3.05) is 7.05 Å². The molecule has 14 heavy (non-hydrogen) atoms. The van der Waals surface area contributed by atoms with Crippen molar-refractivity contribution in [3.63, 3.8) is 0 Å². The molecule has 0 aliphatic rings. The zero-order chi connectivity index (χ0) is 9.97. The molecule has 0 aromatic carbocycles. The summed E-state index contributed by atoms with van der Waals surface area (Å²) in [5, 5.41) is 10.7. The van der Waals surface area contributed by atoms with E-state index in [1.54, 1.807) is 12.3 Å².